The standard InChI is InChI=1S/C98H134FN15O21S/c1-60-17-13-12-14-18-61(2)80(128-9)50-74-24-20-66(7)98(125,135-74)91(120)94(123)114-31-16-15-19-76(114)95(124)134-81(63(4)47-68-21-26-77(115)82(48-68)129-10)51-78(116)62(3)46-65(6)89(119)90(130-11)88(64(5)45-60)107-133-59-85(117)102-52-69-53-103-96(104-54-69)112-38-36-110(37-39-112)86(118)30-42-131-43-40-109-32-34-111(35-33-109)97-105-56-73(57-106-97)92(121)108-136(126,127)83-28-25-75(67(8)87(83)99)93(122)113-41-44-132-79-27-22-70(49-72(79)58-113)71-23-29-84(100)101-55-71/h12-14,17-18,22-23,25,27-29,46,49,53-57,60,62-64,66,68,74,76-78,80-82,89-90,115-116,119,125H,15-16,19-21,24,26,30-45,47-48,50-52,58-59H2,1-11H3,(H2,100,101)(H,102,117)(H,108,121)/b14-12?,17-13+,61-18?,65-46+,107-88+/t60-,62-,63-,64-,66-,68+,74+,76+,77-,78-,80+,81+,82-,89-,90+,98-/m1/s1. The number of piperazine rings is 2. The molecule has 0 radical (unpaired) electrons. The summed E-state index contributed by atoms with van der Waals surface area (Å²) >= 11 is 0. The summed E-state index contributed by atoms with van der Waals surface area (Å²) in [4.78, 5) is 136. The van der Waals surface area contributed by atoms with Gasteiger partial charge in [-0.2, -0.15) is 0 Å². The summed E-state index contributed by atoms with van der Waals surface area (Å²) in [5.74, 6) is -9.18. The number of halogens is 1. The molecule has 8 N–H and O–H groups in total. The number of cyclic esters (lactones) is 1. The van der Waals surface area contributed by atoms with Gasteiger partial charge in [0.25, 0.3) is 39.4 Å². The van der Waals surface area contributed by atoms with Crippen molar-refractivity contribution in [1.29, 1.82) is 0 Å². The molecule has 36 nitrogen and oxygen atoms in total. The first kappa shape index (κ1) is 104. The fourth-order valence-corrected chi connectivity index (χ4v) is 19.9. The van der Waals surface area contributed by atoms with Gasteiger partial charge in [-0.1, -0.05) is 82.3 Å². The van der Waals surface area contributed by atoms with Crippen LogP contribution in [0.25, 0.3) is 11.1 Å². The molecule has 2 bridgehead atoms. The number of sulfonamides is 1. The number of oxime groups is 1. The van der Waals surface area contributed by atoms with Crippen molar-refractivity contribution < 1.29 is 105 Å². The third-order valence-corrected chi connectivity index (χ3v) is 28.6. The molecule has 5 aromatic rings. The number of benzene rings is 2. The SMILES string of the molecule is CO[C@H]1C[C@@H]2CC[C@@H](C)[C@@](O)(O2)C(=O)C(=O)N2CCCC[C@H]2C(=O)O[C@H]([C@H](C)C[C@@H]2CC[C@@H](O)[C@H](OC)C2)C[C@@H](O)[C@H](C)/C=C(\C)[C@@H](O)[C@@H](OC)/C(=N/OCC(=O)NCc2cnc(N3CCN(C(=O)CCOCCN4CCN(c5ncc(C(=O)NS(=O)(=O)c6ccc(C(=O)N7CCOc8ccc(-c9ccc(N)nc9)cc8C7)c(C)c6F)cn5)CC4)CC3)nc2)[C@H](C)C[C@H](C)/C=C/C=CC=C1C. The molecule has 6 aliphatic heterocycles. The van der Waals surface area contributed by atoms with Crippen LogP contribution in [0.1, 0.15) is 169 Å². The summed E-state index contributed by atoms with van der Waals surface area (Å²) in [5.41, 5.74) is 9.85. The number of fused-ring (bicyclic) bond motifs is 4. The van der Waals surface area contributed by atoms with E-state index >= 15 is 4.39 Å². The smallest absolute Gasteiger partial charge is 0.329 e. The lowest BCUT2D eigenvalue weighted by Gasteiger charge is -2.43. The fraction of sp³-hybridized carbons (Fsp3) is 0.582. The van der Waals surface area contributed by atoms with E-state index in [1.54, 1.807) is 76.7 Å². The van der Waals surface area contributed by atoms with Gasteiger partial charge in [-0.05, 0) is 161 Å². The number of nitrogens with one attached hydrogen (secondary N) is 2. The minimum Gasteiger partial charge on any atom is -0.491 e. The number of carbonyl (C=O) groups excluding carboxylic acids is 7. The van der Waals surface area contributed by atoms with Crippen molar-refractivity contribution in [1.82, 2.24) is 54.6 Å². The van der Waals surface area contributed by atoms with Crippen LogP contribution in [-0.2, 0) is 80.3 Å². The van der Waals surface area contributed by atoms with E-state index in [0.29, 0.717) is 169 Å². The quantitative estimate of drug-likeness (QED) is 0.0102. The van der Waals surface area contributed by atoms with Gasteiger partial charge in [0, 0.05) is 184 Å². The summed E-state index contributed by atoms with van der Waals surface area (Å²) in [7, 11) is -0.212. The molecule has 136 heavy (non-hydrogen) atoms. The second-order valence-electron chi connectivity index (χ2n) is 37.0. The lowest BCUT2D eigenvalue weighted by atomic mass is 9.78. The molecule has 7 aliphatic rings. The fourth-order valence-electron chi connectivity index (χ4n) is 18.8. The zero-order chi connectivity index (χ0) is 97.7. The van der Waals surface area contributed by atoms with Crippen LogP contribution in [0, 0.1) is 48.2 Å². The number of rotatable bonds is 24. The van der Waals surface area contributed by atoms with Gasteiger partial charge in [-0.25, -0.2) is 47.2 Å². The Hall–Kier alpha value is -10.7. The van der Waals surface area contributed by atoms with Gasteiger partial charge in [0.05, 0.1) is 68.0 Å². The molecule has 12 rings (SSSR count). The highest BCUT2D eigenvalue weighted by molar-refractivity contribution is 7.90. The topological polar surface area (TPSA) is 455 Å². The highest BCUT2D eigenvalue weighted by atomic mass is 32.2. The van der Waals surface area contributed by atoms with Crippen LogP contribution >= 0.6 is 0 Å². The number of methoxy groups -OCH3 is 3. The van der Waals surface area contributed by atoms with Crippen molar-refractivity contribution in [3.63, 3.8) is 0 Å². The molecule has 0 spiro atoms. The lowest BCUT2D eigenvalue weighted by molar-refractivity contribution is -0.265. The largest absolute Gasteiger partial charge is 0.491 e. The number of aromatic nitrogens is 5. The number of nitrogen functional groups attached to an aromatic ring is 1. The van der Waals surface area contributed by atoms with Crippen molar-refractivity contribution in [2.45, 2.75) is 218 Å². The number of aliphatic hydroxyl groups excluding tert-OH is 3. The maximum absolute atomic E-state index is 16.1. The number of Topliss-reactive ketones (excluding diaryl/α,β-unsaturated/α-hetero) is 1. The number of amides is 5. The molecule has 3 aromatic heterocycles. The van der Waals surface area contributed by atoms with Crippen LogP contribution in [-0.4, -0.2) is 301 Å². The van der Waals surface area contributed by atoms with Crippen LogP contribution in [0.15, 0.2) is 131 Å². The molecule has 4 saturated heterocycles. The molecule has 740 valence electrons. The number of nitrogens with zero attached hydrogens (tertiary/aromatic N) is 12. The number of ether oxygens (including phenoxy) is 7. The number of ketones is 1. The zero-order valence-corrected chi connectivity index (χ0v) is 80.5. The van der Waals surface area contributed by atoms with Crippen molar-refractivity contribution in [3.8, 4) is 16.9 Å². The number of piperidine rings is 1. The van der Waals surface area contributed by atoms with E-state index in [2.05, 4.69) is 40.3 Å². The molecule has 38 heteroatoms. The van der Waals surface area contributed by atoms with Crippen LogP contribution in [0.5, 0.6) is 5.75 Å². The highest BCUT2D eigenvalue weighted by Crippen LogP contribution is 2.40. The van der Waals surface area contributed by atoms with E-state index in [0.717, 1.165) is 22.8 Å². The average molecular weight is 1910 g/mol. The summed E-state index contributed by atoms with van der Waals surface area (Å²) in [6.45, 7) is 19.8. The second-order valence-corrected chi connectivity index (χ2v) is 38.7. The summed E-state index contributed by atoms with van der Waals surface area (Å²) in [6, 6.07) is 10.1. The number of hydrogen-bond acceptors (Lipinski definition) is 31. The Labute approximate surface area is 795 Å². The molecule has 0 unspecified atom stereocenters. The Bertz CT molecular complexity index is 5210. The molecule has 5 fully saturated rings. The van der Waals surface area contributed by atoms with Crippen LogP contribution < -0.4 is 30.3 Å². The van der Waals surface area contributed by atoms with Gasteiger partial charge in [0.2, 0.25) is 23.6 Å². The van der Waals surface area contributed by atoms with Crippen molar-refractivity contribution in [3.05, 3.63) is 155 Å². The summed E-state index contributed by atoms with van der Waals surface area (Å²) in [5, 5.41) is 54.8. The maximum Gasteiger partial charge on any atom is 0.329 e. The van der Waals surface area contributed by atoms with Gasteiger partial charge in [0.1, 0.15) is 53.2 Å². The van der Waals surface area contributed by atoms with Crippen LogP contribution in [0.3, 0.4) is 0 Å². The number of hydrogen-bond donors (Lipinski definition) is 7. The number of allylic oxidation sites excluding steroid dienone is 5. The zero-order valence-electron chi connectivity index (χ0n) is 79.7. The molecule has 5 amide bonds. The Morgan fingerprint density at radius 2 is 1.45 bits per heavy atom. The monoisotopic (exact) mass is 1910 g/mol. The van der Waals surface area contributed by atoms with E-state index < -0.39 is 135 Å². The van der Waals surface area contributed by atoms with Crippen molar-refractivity contribution >= 4 is 74.7 Å². The third kappa shape index (κ3) is 27.0. The number of aliphatic hydroxyl groups is 4. The first-order valence-corrected chi connectivity index (χ1v) is 48.7. The Morgan fingerprint density at radius 1 is 0.735 bits per heavy atom. The Balaban J connectivity index is 0.589. The van der Waals surface area contributed by atoms with E-state index in [4.69, 9.17) is 43.7 Å². The van der Waals surface area contributed by atoms with E-state index in [1.807, 2.05) is 90.8 Å². The van der Waals surface area contributed by atoms with Crippen molar-refractivity contribution in [2.75, 3.05) is 135 Å². The summed E-state index contributed by atoms with van der Waals surface area (Å²) < 4.78 is 87.4. The molecule has 2 aromatic carbocycles. The Kier molecular flexibility index (Phi) is 37.2. The van der Waals surface area contributed by atoms with Gasteiger partial charge in [-0.3, -0.25) is 33.7 Å². The van der Waals surface area contributed by atoms with Crippen molar-refractivity contribution in [2.24, 2.45) is 40.7 Å². The van der Waals surface area contributed by atoms with Gasteiger partial charge in [0.15, 0.2) is 6.61 Å². The molecular formula is C98H134FN15O21S. The normalized spacial score (nSPS) is 27.7. The van der Waals surface area contributed by atoms with Gasteiger partial charge < -0.3 is 94.0 Å². The molecule has 16 atom stereocenters. The number of carbonyl (C=O) groups is 7. The van der Waals surface area contributed by atoms with E-state index in [-0.39, 0.29) is 112 Å². The average Bonchev–Trinajstić information content (AvgIpc) is 1.18. The molecule has 1 aliphatic carbocycles. The molecule has 1 saturated carbocycles. The first-order chi connectivity index (χ1) is 65.1. The molecular weight excluding hydrogens is 1770 g/mol. The second kappa shape index (κ2) is 48.6. The number of esters is 1. The highest BCUT2D eigenvalue weighted by Gasteiger charge is 2.53. The number of nitrogens with two attached hydrogens (primary N) is 1. The van der Waals surface area contributed by atoms with E-state index in [9.17, 15) is 62.4 Å². The summed E-state index contributed by atoms with van der Waals surface area (Å²) in [6.07, 6.45) is 17.3. The van der Waals surface area contributed by atoms with Gasteiger partial charge in [-0.15, -0.1) is 0 Å². The van der Waals surface area contributed by atoms with Gasteiger partial charge >= 0.3 is 5.97 Å². The molecule has 9 heterocycles. The minimum atomic E-state index is -4.78. The number of anilines is 3. The van der Waals surface area contributed by atoms with E-state index in [1.165, 1.54) is 42.3 Å². The predicted octanol–water partition coefficient (Wildman–Crippen LogP) is 7.80. The number of pyridine rings is 1. The first-order valence-electron chi connectivity index (χ1n) is 47.2. The predicted molar refractivity (Wildman–Crippen MR) is 503 cm³/mol. The van der Waals surface area contributed by atoms with Crippen LogP contribution in [0.2, 0.25) is 0 Å². The lowest BCUT2D eigenvalue weighted by Crippen LogP contribution is -2.61. The Morgan fingerprint density at radius 3 is 2.15 bits per heavy atom. The third-order valence-electron chi connectivity index (χ3n) is 27.3. The minimum absolute atomic E-state index is 0.0405. The van der Waals surface area contributed by atoms with Crippen LogP contribution in [0.4, 0.5) is 22.1 Å². The maximum atomic E-state index is 16.1.